The minimum Gasteiger partial charge on any atom is -0.493 e. The van der Waals surface area contributed by atoms with Gasteiger partial charge >= 0.3 is 0 Å². The van der Waals surface area contributed by atoms with Crippen LogP contribution in [-0.2, 0) is 32.6 Å². The molecule has 0 saturated carbocycles. The van der Waals surface area contributed by atoms with E-state index in [1.54, 1.807) is 23.1 Å². The number of ether oxygens (including phenoxy) is 4. The van der Waals surface area contributed by atoms with Crippen molar-refractivity contribution in [2.75, 3.05) is 47.2 Å². The molecule has 2 aliphatic heterocycles. The third-order valence-corrected chi connectivity index (χ3v) is 7.79. The number of benzene rings is 2. The molecule has 0 unspecified atom stereocenters. The number of amides is 1. The molecule has 33 heavy (non-hydrogen) atoms. The standard InChI is InChI=1S/C22H25ClN2O7S/c1-29-19-4-3-18(12-20(19)30-2)33(27,28)25-7-5-24(6-8-25)21(26)11-15-9-17(23)10-16-13-31-14-32-22(15)16/h3-4,9-10,12H,5-8,11,13-14H2,1-2H3. The highest BCUT2D eigenvalue weighted by molar-refractivity contribution is 7.89. The Morgan fingerprint density at radius 2 is 1.79 bits per heavy atom. The van der Waals surface area contributed by atoms with Crippen LogP contribution in [0.15, 0.2) is 35.2 Å². The molecule has 0 radical (unpaired) electrons. The van der Waals surface area contributed by atoms with Gasteiger partial charge < -0.3 is 23.8 Å². The number of methoxy groups -OCH3 is 2. The quantitative estimate of drug-likeness (QED) is 0.605. The molecule has 0 aliphatic carbocycles. The monoisotopic (exact) mass is 496 g/mol. The van der Waals surface area contributed by atoms with Crippen molar-refractivity contribution < 1.29 is 32.2 Å². The Bertz CT molecular complexity index is 1150. The maximum absolute atomic E-state index is 13.1. The van der Waals surface area contributed by atoms with Crippen LogP contribution < -0.4 is 14.2 Å². The SMILES string of the molecule is COc1ccc(S(=O)(=O)N2CCN(C(=O)Cc3cc(Cl)cc4c3OCOC4)CC2)cc1OC. The smallest absolute Gasteiger partial charge is 0.243 e. The van der Waals surface area contributed by atoms with Crippen molar-refractivity contribution in [2.24, 2.45) is 0 Å². The van der Waals surface area contributed by atoms with Crippen molar-refractivity contribution in [1.82, 2.24) is 9.21 Å². The van der Waals surface area contributed by atoms with Gasteiger partial charge in [0.2, 0.25) is 15.9 Å². The van der Waals surface area contributed by atoms with E-state index in [2.05, 4.69) is 0 Å². The Balaban J connectivity index is 1.43. The minimum atomic E-state index is -3.74. The predicted octanol–water partition coefficient (Wildman–Crippen LogP) is 2.30. The van der Waals surface area contributed by atoms with Gasteiger partial charge in [0.1, 0.15) is 5.75 Å². The lowest BCUT2D eigenvalue weighted by Gasteiger charge is -2.34. The van der Waals surface area contributed by atoms with Crippen LogP contribution in [0.5, 0.6) is 17.2 Å². The first-order chi connectivity index (χ1) is 15.8. The largest absolute Gasteiger partial charge is 0.493 e. The van der Waals surface area contributed by atoms with Gasteiger partial charge in [0, 0.05) is 48.4 Å². The minimum absolute atomic E-state index is 0.113. The summed E-state index contributed by atoms with van der Waals surface area (Å²) in [6.07, 6.45) is 0.116. The lowest BCUT2D eigenvalue weighted by atomic mass is 10.0. The molecule has 2 aliphatic rings. The number of piperazine rings is 1. The Morgan fingerprint density at radius 3 is 2.48 bits per heavy atom. The maximum Gasteiger partial charge on any atom is 0.243 e. The summed E-state index contributed by atoms with van der Waals surface area (Å²) in [5.74, 6) is 1.31. The third-order valence-electron chi connectivity index (χ3n) is 5.68. The highest BCUT2D eigenvalue weighted by atomic mass is 35.5. The molecular weight excluding hydrogens is 472 g/mol. The number of carbonyl (C=O) groups is 1. The van der Waals surface area contributed by atoms with Crippen LogP contribution in [0, 0.1) is 0 Å². The molecule has 0 spiro atoms. The van der Waals surface area contributed by atoms with E-state index in [4.69, 9.17) is 30.5 Å². The van der Waals surface area contributed by atoms with Gasteiger partial charge in [-0.05, 0) is 24.3 Å². The van der Waals surface area contributed by atoms with E-state index in [0.29, 0.717) is 34.4 Å². The van der Waals surface area contributed by atoms with Crippen LogP contribution in [0.1, 0.15) is 11.1 Å². The summed E-state index contributed by atoms with van der Waals surface area (Å²) >= 11 is 6.19. The first-order valence-electron chi connectivity index (χ1n) is 10.3. The molecule has 2 aromatic carbocycles. The van der Waals surface area contributed by atoms with Gasteiger partial charge in [0.25, 0.3) is 0 Å². The van der Waals surface area contributed by atoms with Crippen LogP contribution in [0.4, 0.5) is 0 Å². The van der Waals surface area contributed by atoms with Gasteiger partial charge in [-0.15, -0.1) is 0 Å². The second-order valence-electron chi connectivity index (χ2n) is 7.64. The number of hydrogen-bond donors (Lipinski definition) is 0. The summed E-state index contributed by atoms with van der Waals surface area (Å²) in [5, 5.41) is 0.511. The first kappa shape index (κ1) is 23.6. The van der Waals surface area contributed by atoms with Gasteiger partial charge in [0.05, 0.1) is 32.1 Å². The number of fused-ring (bicyclic) bond motifs is 1. The van der Waals surface area contributed by atoms with E-state index < -0.39 is 10.0 Å². The van der Waals surface area contributed by atoms with Gasteiger partial charge in [-0.1, -0.05) is 11.6 Å². The molecule has 1 fully saturated rings. The number of nitrogens with zero attached hydrogens (tertiary/aromatic N) is 2. The Kier molecular flexibility index (Phi) is 6.99. The highest BCUT2D eigenvalue weighted by Gasteiger charge is 2.31. The zero-order chi connectivity index (χ0) is 23.6. The van der Waals surface area contributed by atoms with Crippen molar-refractivity contribution >= 4 is 27.5 Å². The molecule has 0 N–H and O–H groups in total. The van der Waals surface area contributed by atoms with Gasteiger partial charge in [-0.3, -0.25) is 4.79 Å². The van der Waals surface area contributed by atoms with E-state index in [1.807, 2.05) is 0 Å². The summed E-state index contributed by atoms with van der Waals surface area (Å²) in [4.78, 5) is 14.7. The number of hydrogen-bond acceptors (Lipinski definition) is 7. The van der Waals surface area contributed by atoms with Crippen molar-refractivity contribution in [1.29, 1.82) is 0 Å². The molecule has 0 aromatic heterocycles. The second-order valence-corrected chi connectivity index (χ2v) is 10.0. The predicted molar refractivity (Wildman–Crippen MR) is 120 cm³/mol. The molecule has 11 heteroatoms. The summed E-state index contributed by atoms with van der Waals surface area (Å²) in [7, 11) is -0.797. The topological polar surface area (TPSA) is 94.6 Å². The van der Waals surface area contributed by atoms with Crippen LogP contribution in [0.25, 0.3) is 0 Å². The van der Waals surface area contributed by atoms with E-state index in [1.165, 1.54) is 30.7 Å². The highest BCUT2D eigenvalue weighted by Crippen LogP contribution is 2.33. The summed E-state index contributed by atoms with van der Waals surface area (Å²) in [5.41, 5.74) is 1.51. The normalized spacial score (nSPS) is 16.6. The molecule has 1 saturated heterocycles. The first-order valence-corrected chi connectivity index (χ1v) is 12.2. The molecule has 1 amide bonds. The number of carbonyl (C=O) groups excluding carboxylic acids is 1. The zero-order valence-electron chi connectivity index (χ0n) is 18.4. The molecule has 9 nitrogen and oxygen atoms in total. The Hall–Kier alpha value is -2.53. The fourth-order valence-electron chi connectivity index (χ4n) is 3.97. The Labute approximate surface area is 197 Å². The Morgan fingerprint density at radius 1 is 1.06 bits per heavy atom. The van der Waals surface area contributed by atoms with E-state index in [9.17, 15) is 13.2 Å². The zero-order valence-corrected chi connectivity index (χ0v) is 19.9. The van der Waals surface area contributed by atoms with E-state index in [-0.39, 0.29) is 50.2 Å². The van der Waals surface area contributed by atoms with Crippen LogP contribution in [0.3, 0.4) is 0 Å². The van der Waals surface area contributed by atoms with Gasteiger partial charge in [0.15, 0.2) is 18.3 Å². The third kappa shape index (κ3) is 4.89. The van der Waals surface area contributed by atoms with Crippen molar-refractivity contribution in [2.45, 2.75) is 17.9 Å². The molecule has 0 bridgehead atoms. The van der Waals surface area contributed by atoms with Crippen molar-refractivity contribution in [3.8, 4) is 17.2 Å². The van der Waals surface area contributed by atoms with E-state index in [0.717, 1.165) is 5.56 Å². The fourth-order valence-corrected chi connectivity index (χ4v) is 5.67. The number of halogens is 1. The van der Waals surface area contributed by atoms with Gasteiger partial charge in [-0.2, -0.15) is 4.31 Å². The summed E-state index contributed by atoms with van der Waals surface area (Å²) in [6.45, 7) is 1.48. The van der Waals surface area contributed by atoms with Crippen molar-refractivity contribution in [3.05, 3.63) is 46.5 Å². The number of rotatable bonds is 6. The molecule has 2 aromatic rings. The van der Waals surface area contributed by atoms with Crippen LogP contribution in [0.2, 0.25) is 5.02 Å². The fraction of sp³-hybridized carbons (Fsp3) is 0.409. The van der Waals surface area contributed by atoms with Crippen LogP contribution >= 0.6 is 11.6 Å². The lowest BCUT2D eigenvalue weighted by molar-refractivity contribution is -0.131. The second kappa shape index (κ2) is 9.76. The molecule has 4 rings (SSSR count). The average Bonchev–Trinajstić information content (AvgIpc) is 2.83. The van der Waals surface area contributed by atoms with Crippen molar-refractivity contribution in [3.63, 3.8) is 0 Å². The lowest BCUT2D eigenvalue weighted by Crippen LogP contribution is -2.50. The molecule has 2 heterocycles. The van der Waals surface area contributed by atoms with Crippen LogP contribution in [-0.4, -0.2) is 70.7 Å². The van der Waals surface area contributed by atoms with E-state index >= 15 is 0 Å². The molecule has 0 atom stereocenters. The summed E-state index contributed by atoms with van der Waals surface area (Å²) in [6, 6.07) is 7.98. The summed E-state index contributed by atoms with van der Waals surface area (Å²) < 4.78 is 48.9. The molecule has 178 valence electrons. The number of sulfonamides is 1. The molecular formula is C22H25ClN2O7S. The maximum atomic E-state index is 13.1. The average molecular weight is 497 g/mol. The van der Waals surface area contributed by atoms with Gasteiger partial charge in [-0.25, -0.2) is 8.42 Å².